The van der Waals surface area contributed by atoms with E-state index in [0.717, 1.165) is 67.2 Å². The summed E-state index contributed by atoms with van der Waals surface area (Å²) in [4.78, 5) is 40.6. The Bertz CT molecular complexity index is 1640. The van der Waals surface area contributed by atoms with Gasteiger partial charge >= 0.3 is 0 Å². The fourth-order valence-corrected chi connectivity index (χ4v) is 8.33. The van der Waals surface area contributed by atoms with Gasteiger partial charge in [0, 0.05) is 23.5 Å². The van der Waals surface area contributed by atoms with Crippen molar-refractivity contribution in [1.29, 1.82) is 0 Å². The second-order valence-corrected chi connectivity index (χ2v) is 17.3. The van der Waals surface area contributed by atoms with Crippen LogP contribution in [0.2, 0.25) is 0 Å². The van der Waals surface area contributed by atoms with Crippen LogP contribution in [-0.2, 0) is 4.79 Å². The molecule has 2 heterocycles. The van der Waals surface area contributed by atoms with Gasteiger partial charge in [0.05, 0.1) is 12.6 Å². The number of carbonyl (C=O) groups is 2. The van der Waals surface area contributed by atoms with Crippen molar-refractivity contribution in [2.75, 3.05) is 13.3 Å². The second kappa shape index (κ2) is 15.4. The molecule has 9 nitrogen and oxygen atoms in total. The number of benzene rings is 2. The fourth-order valence-electron chi connectivity index (χ4n) is 8.33. The molecule has 6 rings (SSSR count). The van der Waals surface area contributed by atoms with E-state index in [-0.39, 0.29) is 35.0 Å². The van der Waals surface area contributed by atoms with E-state index in [0.29, 0.717) is 42.8 Å². The SMILES string of the molecule is CC1CC(C)CC2(C1)N=C(c1cccc(OCCC3CC3)c1)C(=O)N2C(CCC(C)(C)C)c1ccc(C(=O)C(C)C(C)CC2=NCN=NN2)cc1. The Labute approximate surface area is 304 Å². The number of amidine groups is 1. The number of hydrogen-bond donors (Lipinski definition) is 1. The van der Waals surface area contributed by atoms with Crippen LogP contribution >= 0.6 is 0 Å². The third-order valence-corrected chi connectivity index (χ3v) is 11.4. The molecule has 5 unspecified atom stereocenters. The molecule has 0 saturated heterocycles. The highest BCUT2D eigenvalue weighted by Crippen LogP contribution is 2.49. The maximum absolute atomic E-state index is 14.9. The van der Waals surface area contributed by atoms with Crippen molar-refractivity contribution >= 4 is 23.2 Å². The predicted octanol–water partition coefficient (Wildman–Crippen LogP) is 9.39. The second-order valence-electron chi connectivity index (χ2n) is 17.3. The molecule has 51 heavy (non-hydrogen) atoms. The number of Topliss-reactive ketones (excluding diaryl/α,β-unsaturated/α-hetero) is 1. The van der Waals surface area contributed by atoms with Crippen LogP contribution in [0.3, 0.4) is 0 Å². The highest BCUT2D eigenvalue weighted by Gasteiger charge is 2.53. The van der Waals surface area contributed by atoms with Crippen LogP contribution in [0.25, 0.3) is 0 Å². The van der Waals surface area contributed by atoms with Crippen molar-refractivity contribution in [3.05, 3.63) is 65.2 Å². The first-order valence-electron chi connectivity index (χ1n) is 19.3. The van der Waals surface area contributed by atoms with Crippen molar-refractivity contribution in [3.8, 4) is 5.75 Å². The summed E-state index contributed by atoms with van der Waals surface area (Å²) in [5.41, 5.74) is 5.42. The Morgan fingerprint density at radius 3 is 2.43 bits per heavy atom. The van der Waals surface area contributed by atoms with Crippen molar-refractivity contribution in [2.24, 2.45) is 55.3 Å². The number of hydrogen-bond acceptors (Lipinski definition) is 8. The van der Waals surface area contributed by atoms with Gasteiger partial charge in [-0.25, -0.2) is 10.4 Å². The largest absolute Gasteiger partial charge is 0.494 e. The van der Waals surface area contributed by atoms with Gasteiger partial charge in [-0.15, -0.1) is 5.11 Å². The average Bonchev–Trinajstić information content (AvgIpc) is 3.88. The molecule has 0 bridgehead atoms. The van der Waals surface area contributed by atoms with E-state index in [9.17, 15) is 9.59 Å². The topological polar surface area (TPSA) is 108 Å². The molecular weight excluding hydrogens is 637 g/mol. The zero-order valence-electron chi connectivity index (χ0n) is 31.8. The summed E-state index contributed by atoms with van der Waals surface area (Å²) in [6.07, 6.45) is 8.87. The molecule has 274 valence electrons. The third-order valence-electron chi connectivity index (χ3n) is 11.4. The first-order chi connectivity index (χ1) is 24.3. The lowest BCUT2D eigenvalue weighted by Crippen LogP contribution is -2.52. The van der Waals surface area contributed by atoms with Crippen molar-refractivity contribution in [1.82, 2.24) is 10.3 Å². The Hall–Kier alpha value is -3.88. The van der Waals surface area contributed by atoms with E-state index in [1.165, 1.54) is 12.8 Å². The zero-order chi connectivity index (χ0) is 36.3. The van der Waals surface area contributed by atoms with Crippen molar-refractivity contribution in [2.45, 2.75) is 118 Å². The van der Waals surface area contributed by atoms with Crippen LogP contribution in [-0.4, -0.2) is 47.1 Å². The van der Waals surface area contributed by atoms with E-state index in [2.05, 4.69) is 79.3 Å². The molecule has 2 aromatic rings. The third kappa shape index (κ3) is 8.96. The Balaban J connectivity index is 1.29. The van der Waals surface area contributed by atoms with Gasteiger partial charge in [-0.05, 0) is 85.3 Å². The molecule has 2 aliphatic heterocycles. The summed E-state index contributed by atoms with van der Waals surface area (Å²) in [5, 5.41) is 7.71. The smallest absolute Gasteiger partial charge is 0.275 e. The Kier molecular flexibility index (Phi) is 11.1. The van der Waals surface area contributed by atoms with Crippen LogP contribution in [0.15, 0.2) is 68.9 Å². The average molecular weight is 695 g/mol. The quantitative estimate of drug-likeness (QED) is 0.199. The van der Waals surface area contributed by atoms with Gasteiger partial charge in [-0.1, -0.05) is 103 Å². The number of nitrogens with zero attached hydrogens (tertiary/aromatic N) is 5. The molecule has 4 aliphatic rings. The molecule has 5 atom stereocenters. The van der Waals surface area contributed by atoms with Gasteiger partial charge in [0.25, 0.3) is 5.91 Å². The standard InChI is InChI=1S/C42H58N6O3/c1-27-21-28(2)25-42(24-27)45-38(34-9-8-10-35(23-34)51-20-18-31-11-12-31)40(50)48(42)36(17-19-41(5,6)7)32-13-15-33(16-14-32)39(49)30(4)29(3)22-37-43-26-44-47-46-37/h8-10,13-16,23,27-31,36H,11-12,17-22,24-26H2,1-7H3,(H,43,44,46). The number of rotatable bonds is 14. The minimum absolute atomic E-state index is 0.00768. The molecule has 0 radical (unpaired) electrons. The molecule has 1 N–H and O–H groups in total. The van der Waals surface area contributed by atoms with Crippen LogP contribution in [0, 0.1) is 35.0 Å². The molecule has 2 saturated carbocycles. The Morgan fingerprint density at radius 1 is 1.06 bits per heavy atom. The van der Waals surface area contributed by atoms with Crippen LogP contribution in [0.5, 0.6) is 5.75 Å². The molecule has 1 amide bonds. The van der Waals surface area contributed by atoms with Gasteiger partial charge in [-0.2, -0.15) is 0 Å². The predicted molar refractivity (Wildman–Crippen MR) is 203 cm³/mol. The minimum atomic E-state index is -0.622. The van der Waals surface area contributed by atoms with Crippen molar-refractivity contribution < 1.29 is 14.3 Å². The zero-order valence-corrected chi connectivity index (χ0v) is 31.8. The summed E-state index contributed by atoms with van der Waals surface area (Å²) in [6, 6.07) is 15.9. The summed E-state index contributed by atoms with van der Waals surface area (Å²) in [5.74, 6) is 3.21. The lowest BCUT2D eigenvalue weighted by atomic mass is 9.75. The summed E-state index contributed by atoms with van der Waals surface area (Å²) in [7, 11) is 0. The van der Waals surface area contributed by atoms with E-state index in [4.69, 9.17) is 9.73 Å². The van der Waals surface area contributed by atoms with Crippen molar-refractivity contribution in [3.63, 3.8) is 0 Å². The highest BCUT2D eigenvalue weighted by atomic mass is 16.5. The van der Waals surface area contributed by atoms with E-state index >= 15 is 0 Å². The highest BCUT2D eigenvalue weighted by molar-refractivity contribution is 6.46. The maximum Gasteiger partial charge on any atom is 0.275 e. The molecule has 9 heteroatoms. The molecular formula is C42H58N6O3. The number of aliphatic imine (C=N–C) groups is 2. The summed E-state index contributed by atoms with van der Waals surface area (Å²) < 4.78 is 6.16. The van der Waals surface area contributed by atoms with Gasteiger partial charge in [0.1, 0.15) is 23.0 Å². The van der Waals surface area contributed by atoms with E-state index < -0.39 is 5.66 Å². The van der Waals surface area contributed by atoms with Gasteiger partial charge in [0.2, 0.25) is 0 Å². The molecule has 1 spiro atoms. The molecule has 2 fully saturated rings. The van der Waals surface area contributed by atoms with Crippen LogP contribution < -0.4 is 10.2 Å². The van der Waals surface area contributed by atoms with Gasteiger partial charge in [-0.3, -0.25) is 14.6 Å². The lowest BCUT2D eigenvalue weighted by Gasteiger charge is -2.47. The first-order valence-corrected chi connectivity index (χ1v) is 19.3. The van der Waals surface area contributed by atoms with Gasteiger partial charge < -0.3 is 9.64 Å². The van der Waals surface area contributed by atoms with Crippen LogP contribution in [0.1, 0.15) is 134 Å². The normalized spacial score (nSPS) is 25.2. The molecule has 2 aliphatic carbocycles. The van der Waals surface area contributed by atoms with E-state index in [1.54, 1.807) is 0 Å². The van der Waals surface area contributed by atoms with Gasteiger partial charge in [0.15, 0.2) is 12.5 Å². The molecule has 0 aromatic heterocycles. The first kappa shape index (κ1) is 36.9. The lowest BCUT2D eigenvalue weighted by molar-refractivity contribution is -0.134. The number of ether oxygens (including phenoxy) is 1. The number of nitrogens with one attached hydrogen (secondary N) is 1. The van der Waals surface area contributed by atoms with E-state index in [1.807, 2.05) is 43.3 Å². The number of amides is 1. The fraction of sp³-hybridized carbons (Fsp3) is 0.619. The van der Waals surface area contributed by atoms with Crippen LogP contribution in [0.4, 0.5) is 0 Å². The summed E-state index contributed by atoms with van der Waals surface area (Å²) >= 11 is 0. The summed E-state index contributed by atoms with van der Waals surface area (Å²) in [6.45, 7) is 16.5. The maximum atomic E-state index is 14.9. The number of ketones is 1. The minimum Gasteiger partial charge on any atom is -0.494 e. The Morgan fingerprint density at radius 2 is 1.78 bits per heavy atom. The number of carbonyl (C=O) groups excluding carboxylic acids is 2. The monoisotopic (exact) mass is 694 g/mol. The molecule has 2 aromatic carbocycles.